The number of hydrogen-bond donors (Lipinski definition) is 3. The van der Waals surface area contributed by atoms with Gasteiger partial charge in [-0.25, -0.2) is 0 Å². The molecule has 16 heavy (non-hydrogen) atoms. The lowest BCUT2D eigenvalue weighted by Crippen LogP contribution is -2.41. The van der Waals surface area contributed by atoms with Crippen molar-refractivity contribution in [2.75, 3.05) is 0 Å². The second-order valence-corrected chi connectivity index (χ2v) is 3.84. The zero-order chi connectivity index (χ0) is 12.1. The fourth-order valence-corrected chi connectivity index (χ4v) is 1.38. The summed E-state index contributed by atoms with van der Waals surface area (Å²) in [5.74, 6) is 0.0248. The number of amides is 1. The van der Waals surface area contributed by atoms with Crippen molar-refractivity contribution in [2.45, 2.75) is 32.4 Å². The van der Waals surface area contributed by atoms with Crippen LogP contribution >= 0.6 is 0 Å². The lowest BCUT2D eigenvalue weighted by atomic mass is 10.1. The van der Waals surface area contributed by atoms with Crippen LogP contribution in [0.1, 0.15) is 31.9 Å². The van der Waals surface area contributed by atoms with E-state index in [0.29, 0.717) is 6.42 Å². The molecule has 1 rings (SSSR count). The Balaban J connectivity index is 2.65. The Kier molecular flexibility index (Phi) is 4.31. The number of aromatic hydroxyl groups is 1. The first-order valence-electron chi connectivity index (χ1n) is 5.39. The predicted octanol–water partition coefficient (Wildman–Crippen LogP) is 1.31. The SMILES string of the molecule is CC[C@@H](N)C(=O)NC(C)c1cccc(O)c1. The van der Waals surface area contributed by atoms with Crippen LogP contribution in [0.5, 0.6) is 5.75 Å². The summed E-state index contributed by atoms with van der Waals surface area (Å²) < 4.78 is 0. The van der Waals surface area contributed by atoms with Gasteiger partial charge in [-0.2, -0.15) is 0 Å². The van der Waals surface area contributed by atoms with E-state index in [0.717, 1.165) is 5.56 Å². The zero-order valence-electron chi connectivity index (χ0n) is 9.60. The first kappa shape index (κ1) is 12.5. The maximum atomic E-state index is 11.5. The van der Waals surface area contributed by atoms with Crippen molar-refractivity contribution in [1.82, 2.24) is 5.32 Å². The Bertz CT molecular complexity index is 366. The van der Waals surface area contributed by atoms with Crippen molar-refractivity contribution in [3.63, 3.8) is 0 Å². The summed E-state index contributed by atoms with van der Waals surface area (Å²) in [7, 11) is 0. The average Bonchev–Trinajstić information content (AvgIpc) is 2.27. The average molecular weight is 222 g/mol. The van der Waals surface area contributed by atoms with Crippen LogP contribution in [0.15, 0.2) is 24.3 Å². The topological polar surface area (TPSA) is 75.4 Å². The number of phenols is 1. The van der Waals surface area contributed by atoms with E-state index in [1.54, 1.807) is 18.2 Å². The minimum absolute atomic E-state index is 0.155. The van der Waals surface area contributed by atoms with E-state index in [9.17, 15) is 9.90 Å². The smallest absolute Gasteiger partial charge is 0.237 e. The fourth-order valence-electron chi connectivity index (χ4n) is 1.38. The molecule has 0 bridgehead atoms. The summed E-state index contributed by atoms with van der Waals surface area (Å²) >= 11 is 0. The fraction of sp³-hybridized carbons (Fsp3) is 0.417. The zero-order valence-corrected chi connectivity index (χ0v) is 9.60. The molecule has 1 amide bonds. The molecule has 0 saturated carbocycles. The maximum Gasteiger partial charge on any atom is 0.237 e. The third kappa shape index (κ3) is 3.24. The molecular formula is C12H18N2O2. The van der Waals surface area contributed by atoms with E-state index in [1.165, 1.54) is 0 Å². The predicted molar refractivity (Wildman–Crippen MR) is 62.9 cm³/mol. The Morgan fingerprint density at radius 1 is 1.56 bits per heavy atom. The summed E-state index contributed by atoms with van der Waals surface area (Å²) in [6.45, 7) is 3.72. The van der Waals surface area contributed by atoms with Crippen LogP contribution < -0.4 is 11.1 Å². The molecule has 0 spiro atoms. The molecule has 1 aromatic rings. The highest BCUT2D eigenvalue weighted by atomic mass is 16.3. The number of phenolic OH excluding ortho intramolecular Hbond substituents is 1. The molecule has 88 valence electrons. The highest BCUT2D eigenvalue weighted by Crippen LogP contribution is 2.17. The standard InChI is InChI=1S/C12H18N2O2/c1-3-11(13)12(16)14-8(2)9-5-4-6-10(15)7-9/h4-8,11,15H,3,13H2,1-2H3,(H,14,16)/t8?,11-/m1/s1. The van der Waals surface area contributed by atoms with Crippen LogP contribution in [0.4, 0.5) is 0 Å². The third-order valence-corrected chi connectivity index (χ3v) is 2.51. The summed E-state index contributed by atoms with van der Waals surface area (Å²) in [5.41, 5.74) is 6.47. The lowest BCUT2D eigenvalue weighted by molar-refractivity contribution is -0.123. The summed E-state index contributed by atoms with van der Waals surface area (Å²) in [4.78, 5) is 11.5. The number of nitrogens with two attached hydrogens (primary N) is 1. The number of rotatable bonds is 4. The molecule has 0 aliphatic carbocycles. The number of carbonyl (C=O) groups is 1. The number of nitrogens with one attached hydrogen (secondary N) is 1. The van der Waals surface area contributed by atoms with Gasteiger partial charge in [0.1, 0.15) is 5.75 Å². The van der Waals surface area contributed by atoms with Gasteiger partial charge in [0.25, 0.3) is 0 Å². The molecule has 4 heteroatoms. The Morgan fingerprint density at radius 3 is 2.81 bits per heavy atom. The van der Waals surface area contributed by atoms with Gasteiger partial charge in [-0.15, -0.1) is 0 Å². The molecule has 0 aliphatic heterocycles. The molecule has 0 radical (unpaired) electrons. The summed E-state index contributed by atoms with van der Waals surface area (Å²) in [5, 5.41) is 12.1. The van der Waals surface area contributed by atoms with Crippen LogP contribution in [0.3, 0.4) is 0 Å². The molecule has 1 aromatic carbocycles. The van der Waals surface area contributed by atoms with Gasteiger partial charge in [-0.05, 0) is 31.0 Å². The van der Waals surface area contributed by atoms with Crippen LogP contribution in [-0.4, -0.2) is 17.1 Å². The summed E-state index contributed by atoms with van der Waals surface area (Å²) in [6.07, 6.45) is 0.610. The van der Waals surface area contributed by atoms with Gasteiger partial charge in [-0.3, -0.25) is 4.79 Å². The van der Waals surface area contributed by atoms with Crippen LogP contribution in [0.25, 0.3) is 0 Å². The lowest BCUT2D eigenvalue weighted by Gasteiger charge is -2.17. The molecular weight excluding hydrogens is 204 g/mol. The molecule has 0 fully saturated rings. The van der Waals surface area contributed by atoms with Gasteiger partial charge >= 0.3 is 0 Å². The van der Waals surface area contributed by atoms with Crippen LogP contribution in [0.2, 0.25) is 0 Å². The van der Waals surface area contributed by atoms with Crippen molar-refractivity contribution in [3.05, 3.63) is 29.8 Å². The van der Waals surface area contributed by atoms with Crippen LogP contribution in [0, 0.1) is 0 Å². The van der Waals surface area contributed by atoms with Gasteiger partial charge in [0, 0.05) is 0 Å². The van der Waals surface area contributed by atoms with E-state index < -0.39 is 6.04 Å². The van der Waals surface area contributed by atoms with Crippen LogP contribution in [-0.2, 0) is 4.79 Å². The molecule has 0 aromatic heterocycles. The molecule has 0 aliphatic rings. The van der Waals surface area contributed by atoms with Crippen molar-refractivity contribution < 1.29 is 9.90 Å². The number of carbonyl (C=O) groups excluding carboxylic acids is 1. The second kappa shape index (κ2) is 5.51. The van der Waals surface area contributed by atoms with Crippen molar-refractivity contribution >= 4 is 5.91 Å². The molecule has 4 nitrogen and oxygen atoms in total. The minimum Gasteiger partial charge on any atom is -0.508 e. The molecule has 2 atom stereocenters. The van der Waals surface area contributed by atoms with Crippen molar-refractivity contribution in [2.24, 2.45) is 5.73 Å². The normalized spacial score (nSPS) is 14.2. The Hall–Kier alpha value is -1.55. The van der Waals surface area contributed by atoms with Gasteiger partial charge in [0.05, 0.1) is 12.1 Å². The first-order chi connectivity index (χ1) is 7.54. The summed E-state index contributed by atoms with van der Waals surface area (Å²) in [6, 6.07) is 6.19. The minimum atomic E-state index is -0.472. The number of benzene rings is 1. The van der Waals surface area contributed by atoms with E-state index in [-0.39, 0.29) is 17.7 Å². The third-order valence-electron chi connectivity index (χ3n) is 2.51. The van der Waals surface area contributed by atoms with E-state index in [2.05, 4.69) is 5.32 Å². The van der Waals surface area contributed by atoms with E-state index in [1.807, 2.05) is 19.9 Å². The van der Waals surface area contributed by atoms with Crippen molar-refractivity contribution in [1.29, 1.82) is 0 Å². The molecule has 0 heterocycles. The Morgan fingerprint density at radius 2 is 2.25 bits per heavy atom. The largest absolute Gasteiger partial charge is 0.508 e. The highest BCUT2D eigenvalue weighted by molar-refractivity contribution is 5.81. The maximum absolute atomic E-state index is 11.5. The second-order valence-electron chi connectivity index (χ2n) is 3.84. The highest BCUT2D eigenvalue weighted by Gasteiger charge is 2.14. The molecule has 1 unspecified atom stereocenters. The quantitative estimate of drug-likeness (QED) is 0.719. The van der Waals surface area contributed by atoms with Gasteiger partial charge < -0.3 is 16.2 Å². The molecule has 4 N–H and O–H groups in total. The number of hydrogen-bond acceptors (Lipinski definition) is 3. The van der Waals surface area contributed by atoms with E-state index >= 15 is 0 Å². The van der Waals surface area contributed by atoms with Gasteiger partial charge in [-0.1, -0.05) is 19.1 Å². The molecule has 0 saturated heterocycles. The van der Waals surface area contributed by atoms with Gasteiger partial charge in [0.15, 0.2) is 0 Å². The van der Waals surface area contributed by atoms with Gasteiger partial charge in [0.2, 0.25) is 5.91 Å². The Labute approximate surface area is 95.5 Å². The first-order valence-corrected chi connectivity index (χ1v) is 5.39. The van der Waals surface area contributed by atoms with E-state index in [4.69, 9.17) is 5.73 Å². The van der Waals surface area contributed by atoms with Crippen molar-refractivity contribution in [3.8, 4) is 5.75 Å². The monoisotopic (exact) mass is 222 g/mol.